The molecule has 0 spiro atoms. The SMILES string of the molecule is COCCOCCOCCOCC(=O)NCC[C@H](N)C(=O)O. The van der Waals surface area contributed by atoms with E-state index in [2.05, 4.69) is 5.32 Å². The summed E-state index contributed by atoms with van der Waals surface area (Å²) in [5.41, 5.74) is 5.29. The standard InChI is InChI=1S/C13H26N2O7/c1-19-4-5-20-6-7-21-8-9-22-10-12(16)15-3-2-11(14)13(17)18/h11H,2-10,14H2,1H3,(H,15,16)(H,17,18)/t11-/m0/s1. The predicted molar refractivity (Wildman–Crippen MR) is 77.6 cm³/mol. The summed E-state index contributed by atoms with van der Waals surface area (Å²) in [6.45, 7) is 2.77. The molecular weight excluding hydrogens is 296 g/mol. The molecular formula is C13H26N2O7. The molecule has 0 rings (SSSR count). The molecule has 1 amide bonds. The second-order valence-electron chi connectivity index (χ2n) is 4.35. The number of nitrogens with one attached hydrogen (secondary N) is 1. The Morgan fingerprint density at radius 3 is 2.14 bits per heavy atom. The molecule has 0 aliphatic carbocycles. The molecule has 0 aromatic heterocycles. The van der Waals surface area contributed by atoms with Crippen molar-refractivity contribution in [1.29, 1.82) is 0 Å². The molecule has 0 radical (unpaired) electrons. The van der Waals surface area contributed by atoms with Crippen LogP contribution in [0.15, 0.2) is 0 Å². The normalized spacial score (nSPS) is 12.1. The Bertz CT molecular complexity index is 302. The molecule has 1 atom stereocenters. The third kappa shape index (κ3) is 13.7. The van der Waals surface area contributed by atoms with Crippen LogP contribution in [0.1, 0.15) is 6.42 Å². The van der Waals surface area contributed by atoms with Crippen LogP contribution in [0.5, 0.6) is 0 Å². The van der Waals surface area contributed by atoms with Crippen LogP contribution >= 0.6 is 0 Å². The smallest absolute Gasteiger partial charge is 0.320 e. The molecule has 0 heterocycles. The van der Waals surface area contributed by atoms with Crippen molar-refractivity contribution >= 4 is 11.9 Å². The Morgan fingerprint density at radius 2 is 1.59 bits per heavy atom. The number of methoxy groups -OCH3 is 1. The number of hydrogen-bond acceptors (Lipinski definition) is 7. The van der Waals surface area contributed by atoms with Crippen molar-refractivity contribution < 1.29 is 33.6 Å². The Kier molecular flexibility index (Phi) is 13.8. The Morgan fingerprint density at radius 1 is 1.05 bits per heavy atom. The molecule has 4 N–H and O–H groups in total. The Hall–Kier alpha value is -1.26. The maximum Gasteiger partial charge on any atom is 0.320 e. The third-order valence-electron chi connectivity index (χ3n) is 2.50. The quantitative estimate of drug-likeness (QED) is 0.314. The molecule has 0 aromatic rings. The van der Waals surface area contributed by atoms with Crippen molar-refractivity contribution in [2.45, 2.75) is 12.5 Å². The second-order valence-corrected chi connectivity index (χ2v) is 4.35. The molecule has 0 saturated carbocycles. The van der Waals surface area contributed by atoms with E-state index in [0.717, 1.165) is 0 Å². The summed E-state index contributed by atoms with van der Waals surface area (Å²) in [5.74, 6) is -1.41. The number of nitrogens with two attached hydrogens (primary N) is 1. The molecule has 0 saturated heterocycles. The second kappa shape index (κ2) is 14.7. The van der Waals surface area contributed by atoms with E-state index in [0.29, 0.717) is 39.6 Å². The van der Waals surface area contributed by atoms with E-state index in [-0.39, 0.29) is 25.5 Å². The number of rotatable bonds is 15. The lowest BCUT2D eigenvalue weighted by molar-refractivity contribution is -0.138. The van der Waals surface area contributed by atoms with Crippen molar-refractivity contribution in [2.75, 3.05) is 59.9 Å². The lowest BCUT2D eigenvalue weighted by atomic mass is 10.2. The summed E-state index contributed by atoms with van der Waals surface area (Å²) in [6.07, 6.45) is 0.174. The van der Waals surface area contributed by atoms with Crippen molar-refractivity contribution in [2.24, 2.45) is 5.73 Å². The van der Waals surface area contributed by atoms with E-state index in [1.54, 1.807) is 7.11 Å². The van der Waals surface area contributed by atoms with Gasteiger partial charge in [-0.1, -0.05) is 0 Å². The van der Waals surface area contributed by atoms with Gasteiger partial charge in [-0.05, 0) is 6.42 Å². The van der Waals surface area contributed by atoms with Gasteiger partial charge in [-0.15, -0.1) is 0 Å². The zero-order chi connectivity index (χ0) is 16.6. The molecule has 0 unspecified atom stereocenters. The van der Waals surface area contributed by atoms with E-state index < -0.39 is 12.0 Å². The number of hydrogen-bond donors (Lipinski definition) is 3. The lowest BCUT2D eigenvalue weighted by Gasteiger charge is -2.09. The molecule has 0 fully saturated rings. The van der Waals surface area contributed by atoms with Crippen LogP contribution in [0, 0.1) is 0 Å². The van der Waals surface area contributed by atoms with Gasteiger partial charge >= 0.3 is 5.97 Å². The summed E-state index contributed by atoms with van der Waals surface area (Å²) in [4.78, 5) is 21.8. The summed E-state index contributed by atoms with van der Waals surface area (Å²) in [6, 6.07) is -0.972. The maximum atomic E-state index is 11.3. The summed E-state index contributed by atoms with van der Waals surface area (Å²) in [5, 5.41) is 11.1. The molecule has 130 valence electrons. The largest absolute Gasteiger partial charge is 0.480 e. The molecule has 0 aliphatic heterocycles. The van der Waals surface area contributed by atoms with Gasteiger partial charge in [-0.2, -0.15) is 0 Å². The van der Waals surface area contributed by atoms with Crippen LogP contribution in [-0.2, 0) is 28.5 Å². The van der Waals surface area contributed by atoms with E-state index in [1.165, 1.54) is 0 Å². The monoisotopic (exact) mass is 322 g/mol. The van der Waals surface area contributed by atoms with Gasteiger partial charge in [0.1, 0.15) is 12.6 Å². The van der Waals surface area contributed by atoms with E-state index >= 15 is 0 Å². The fraction of sp³-hybridized carbons (Fsp3) is 0.846. The Labute approximate surface area is 130 Å². The number of carboxylic acid groups (broad SMARTS) is 1. The van der Waals surface area contributed by atoms with Gasteiger partial charge < -0.3 is 35.1 Å². The van der Waals surface area contributed by atoms with Crippen molar-refractivity contribution in [3.05, 3.63) is 0 Å². The highest BCUT2D eigenvalue weighted by Crippen LogP contribution is 1.86. The molecule has 0 aromatic carbocycles. The zero-order valence-electron chi connectivity index (χ0n) is 12.9. The van der Waals surface area contributed by atoms with Crippen LogP contribution in [0.3, 0.4) is 0 Å². The number of amides is 1. The van der Waals surface area contributed by atoms with Gasteiger partial charge in [0.15, 0.2) is 0 Å². The van der Waals surface area contributed by atoms with Crippen LogP contribution in [-0.4, -0.2) is 82.9 Å². The average Bonchev–Trinajstić information content (AvgIpc) is 2.49. The van der Waals surface area contributed by atoms with Crippen molar-refractivity contribution in [1.82, 2.24) is 5.32 Å². The zero-order valence-corrected chi connectivity index (χ0v) is 12.9. The molecule has 9 heteroatoms. The molecule has 0 bridgehead atoms. The highest BCUT2D eigenvalue weighted by atomic mass is 16.6. The fourth-order valence-electron chi connectivity index (χ4n) is 1.29. The molecule has 22 heavy (non-hydrogen) atoms. The Balaban J connectivity index is 3.27. The number of carbonyl (C=O) groups is 2. The van der Waals surface area contributed by atoms with Gasteiger partial charge in [-0.25, -0.2) is 0 Å². The maximum absolute atomic E-state index is 11.3. The first-order chi connectivity index (χ1) is 10.6. The predicted octanol–water partition coefficient (Wildman–Crippen LogP) is -1.40. The first-order valence-corrected chi connectivity index (χ1v) is 7.05. The van der Waals surface area contributed by atoms with Gasteiger partial charge in [0.05, 0.1) is 39.6 Å². The summed E-state index contributed by atoms with van der Waals surface area (Å²) < 4.78 is 20.3. The minimum Gasteiger partial charge on any atom is -0.480 e. The fourth-order valence-corrected chi connectivity index (χ4v) is 1.29. The third-order valence-corrected chi connectivity index (χ3v) is 2.50. The van der Waals surface area contributed by atoms with Crippen LogP contribution in [0.25, 0.3) is 0 Å². The minimum absolute atomic E-state index is 0.101. The van der Waals surface area contributed by atoms with Gasteiger partial charge in [0.2, 0.25) is 5.91 Å². The lowest BCUT2D eigenvalue weighted by Crippen LogP contribution is -2.36. The molecule has 0 aliphatic rings. The highest BCUT2D eigenvalue weighted by Gasteiger charge is 2.11. The number of carbonyl (C=O) groups excluding carboxylic acids is 1. The number of aliphatic carboxylic acids is 1. The van der Waals surface area contributed by atoms with E-state index in [1.807, 2.05) is 0 Å². The number of carboxylic acids is 1. The first-order valence-electron chi connectivity index (χ1n) is 7.05. The van der Waals surface area contributed by atoms with Crippen LogP contribution in [0.4, 0.5) is 0 Å². The summed E-state index contributed by atoms with van der Waals surface area (Å²) >= 11 is 0. The van der Waals surface area contributed by atoms with Crippen LogP contribution < -0.4 is 11.1 Å². The number of ether oxygens (including phenoxy) is 4. The van der Waals surface area contributed by atoms with Crippen molar-refractivity contribution in [3.8, 4) is 0 Å². The minimum atomic E-state index is -1.09. The van der Waals surface area contributed by atoms with E-state index in [4.69, 9.17) is 29.8 Å². The van der Waals surface area contributed by atoms with Crippen molar-refractivity contribution in [3.63, 3.8) is 0 Å². The average molecular weight is 322 g/mol. The van der Waals surface area contributed by atoms with Gasteiger partial charge in [0.25, 0.3) is 0 Å². The summed E-state index contributed by atoms with van der Waals surface area (Å²) in [7, 11) is 1.61. The molecule has 9 nitrogen and oxygen atoms in total. The van der Waals surface area contributed by atoms with E-state index in [9.17, 15) is 9.59 Å². The van der Waals surface area contributed by atoms with Gasteiger partial charge in [0, 0.05) is 13.7 Å². The van der Waals surface area contributed by atoms with Gasteiger partial charge in [-0.3, -0.25) is 9.59 Å². The van der Waals surface area contributed by atoms with Crippen LogP contribution in [0.2, 0.25) is 0 Å². The highest BCUT2D eigenvalue weighted by molar-refractivity contribution is 5.77. The topological polar surface area (TPSA) is 129 Å². The first kappa shape index (κ1) is 20.7.